The highest BCUT2D eigenvalue weighted by Crippen LogP contribution is 2.22. The van der Waals surface area contributed by atoms with Crippen LogP contribution in [0, 0.1) is 0 Å². The van der Waals surface area contributed by atoms with Crippen LogP contribution < -0.4 is 4.74 Å². The molecule has 0 bridgehead atoms. The van der Waals surface area contributed by atoms with E-state index in [4.69, 9.17) is 9.84 Å². The fraction of sp³-hybridized carbons (Fsp3) is 0.444. The average molecular weight is 199 g/mol. The van der Waals surface area contributed by atoms with Crippen LogP contribution in [-0.2, 0) is 18.4 Å². The van der Waals surface area contributed by atoms with E-state index in [0.717, 1.165) is 0 Å². The smallest absolute Gasteiger partial charge is 0.354 e. The molecule has 1 N–H and O–H groups in total. The molecule has 0 aliphatic heterocycles. The van der Waals surface area contributed by atoms with Crippen LogP contribution in [0.15, 0.2) is 6.07 Å². The minimum Gasteiger partial charge on any atom is -0.482 e. The first-order chi connectivity index (χ1) is 6.65. The molecule has 0 radical (unpaired) electrons. The molecule has 1 heterocycles. The minimum atomic E-state index is -0.453. The molecule has 0 aromatic carbocycles. The number of carbonyl (C=O) groups excluding carboxylic acids is 1. The molecular weight excluding hydrogens is 186 g/mol. The molecular formula is C9H13NO4. The maximum atomic E-state index is 11.3. The van der Waals surface area contributed by atoms with Gasteiger partial charge in [0.2, 0.25) is 0 Å². The monoisotopic (exact) mass is 199 g/mol. The topological polar surface area (TPSA) is 60.7 Å². The van der Waals surface area contributed by atoms with E-state index in [2.05, 4.69) is 4.74 Å². The quantitative estimate of drug-likeness (QED) is 0.712. The molecule has 0 amide bonds. The Labute approximate surface area is 81.9 Å². The highest BCUT2D eigenvalue weighted by atomic mass is 16.5. The van der Waals surface area contributed by atoms with Gasteiger partial charge in [0.15, 0.2) is 5.88 Å². The van der Waals surface area contributed by atoms with Gasteiger partial charge in [0.1, 0.15) is 5.69 Å². The Hall–Kier alpha value is -1.49. The predicted octanol–water partition coefficient (Wildman–Crippen LogP) is 0.313. The lowest BCUT2D eigenvalue weighted by Gasteiger charge is -2.05. The molecule has 78 valence electrons. The summed E-state index contributed by atoms with van der Waals surface area (Å²) in [6.45, 7) is -0.173. The standard InChI is InChI=1S/C9H13NO4/c1-10-7(9(12)14-3)4-6(5-11)8(10)13-2/h4,11H,5H2,1-3H3. The van der Waals surface area contributed by atoms with Crippen molar-refractivity contribution in [2.45, 2.75) is 6.61 Å². The van der Waals surface area contributed by atoms with Crippen molar-refractivity contribution >= 4 is 5.97 Å². The summed E-state index contributed by atoms with van der Waals surface area (Å²) in [7, 11) is 4.46. The van der Waals surface area contributed by atoms with Crippen molar-refractivity contribution < 1.29 is 19.4 Å². The number of aromatic nitrogens is 1. The molecule has 0 saturated heterocycles. The SMILES string of the molecule is COC(=O)c1cc(CO)c(OC)n1C. The molecule has 14 heavy (non-hydrogen) atoms. The third kappa shape index (κ3) is 1.58. The zero-order valence-corrected chi connectivity index (χ0v) is 8.40. The summed E-state index contributed by atoms with van der Waals surface area (Å²) in [6, 6.07) is 1.55. The van der Waals surface area contributed by atoms with Crippen molar-refractivity contribution in [3.63, 3.8) is 0 Å². The van der Waals surface area contributed by atoms with E-state index < -0.39 is 5.97 Å². The highest BCUT2D eigenvalue weighted by molar-refractivity contribution is 5.88. The number of aliphatic hydroxyl groups is 1. The van der Waals surface area contributed by atoms with Crippen LogP contribution in [0.5, 0.6) is 5.88 Å². The van der Waals surface area contributed by atoms with Crippen LogP contribution in [0.25, 0.3) is 0 Å². The van der Waals surface area contributed by atoms with E-state index in [0.29, 0.717) is 17.1 Å². The number of carbonyl (C=O) groups is 1. The Balaban J connectivity index is 3.20. The first kappa shape index (κ1) is 10.6. The summed E-state index contributed by atoms with van der Waals surface area (Å²) in [5.41, 5.74) is 0.920. The van der Waals surface area contributed by atoms with Crippen molar-refractivity contribution in [1.29, 1.82) is 0 Å². The average Bonchev–Trinajstić information content (AvgIpc) is 2.53. The molecule has 5 nitrogen and oxygen atoms in total. The molecule has 1 aromatic heterocycles. The molecule has 0 saturated carbocycles. The third-order valence-electron chi connectivity index (χ3n) is 2.01. The molecule has 0 spiro atoms. The Bertz CT molecular complexity index is 343. The van der Waals surface area contributed by atoms with Gasteiger partial charge >= 0.3 is 5.97 Å². The van der Waals surface area contributed by atoms with Crippen LogP contribution in [0.1, 0.15) is 16.1 Å². The number of hydrogen-bond donors (Lipinski definition) is 1. The van der Waals surface area contributed by atoms with Crippen molar-refractivity contribution in [2.75, 3.05) is 14.2 Å². The summed E-state index contributed by atoms with van der Waals surface area (Å²) in [5.74, 6) is 0.0124. The molecule has 0 unspecified atom stereocenters. The summed E-state index contributed by atoms with van der Waals surface area (Å²) in [5, 5.41) is 9.00. The van der Waals surface area contributed by atoms with Crippen LogP contribution in [0.3, 0.4) is 0 Å². The second kappa shape index (κ2) is 4.15. The van der Waals surface area contributed by atoms with Gasteiger partial charge in [-0.3, -0.25) is 0 Å². The number of esters is 1. The molecule has 5 heteroatoms. The molecule has 0 fully saturated rings. The normalized spacial score (nSPS) is 10.0. The second-order valence-corrected chi connectivity index (χ2v) is 2.77. The summed E-state index contributed by atoms with van der Waals surface area (Å²) in [4.78, 5) is 11.3. The summed E-state index contributed by atoms with van der Waals surface area (Å²) >= 11 is 0. The van der Waals surface area contributed by atoms with E-state index in [9.17, 15) is 4.79 Å². The van der Waals surface area contributed by atoms with Crippen LogP contribution in [0.4, 0.5) is 0 Å². The number of methoxy groups -OCH3 is 2. The summed E-state index contributed by atoms with van der Waals surface area (Å²) < 4.78 is 11.2. The lowest BCUT2D eigenvalue weighted by Crippen LogP contribution is -2.08. The van der Waals surface area contributed by atoms with Gasteiger partial charge in [0, 0.05) is 12.6 Å². The molecule has 1 rings (SSSR count). The van der Waals surface area contributed by atoms with Gasteiger partial charge in [-0.1, -0.05) is 0 Å². The highest BCUT2D eigenvalue weighted by Gasteiger charge is 2.17. The zero-order valence-electron chi connectivity index (χ0n) is 8.40. The second-order valence-electron chi connectivity index (χ2n) is 2.77. The molecule has 0 aliphatic rings. The molecule has 1 aromatic rings. The summed E-state index contributed by atoms with van der Waals surface area (Å²) in [6.07, 6.45) is 0. The number of nitrogens with zero attached hydrogens (tertiary/aromatic N) is 1. The Morgan fingerprint density at radius 2 is 2.21 bits per heavy atom. The molecule has 0 aliphatic carbocycles. The first-order valence-electron chi connectivity index (χ1n) is 4.07. The van der Waals surface area contributed by atoms with Crippen molar-refractivity contribution in [2.24, 2.45) is 7.05 Å². The van der Waals surface area contributed by atoms with Gasteiger partial charge in [-0.25, -0.2) is 4.79 Å². The van der Waals surface area contributed by atoms with Gasteiger partial charge in [0.05, 0.1) is 20.8 Å². The first-order valence-corrected chi connectivity index (χ1v) is 4.07. The van der Waals surface area contributed by atoms with Crippen LogP contribution >= 0.6 is 0 Å². The van der Waals surface area contributed by atoms with Gasteiger partial charge in [-0.15, -0.1) is 0 Å². The number of ether oxygens (including phenoxy) is 2. The van der Waals surface area contributed by atoms with E-state index in [-0.39, 0.29) is 6.61 Å². The van der Waals surface area contributed by atoms with Gasteiger partial charge < -0.3 is 19.1 Å². The van der Waals surface area contributed by atoms with Crippen molar-refractivity contribution in [1.82, 2.24) is 4.57 Å². The largest absolute Gasteiger partial charge is 0.482 e. The Morgan fingerprint density at radius 1 is 1.57 bits per heavy atom. The van der Waals surface area contributed by atoms with E-state index in [1.165, 1.54) is 18.8 Å². The Morgan fingerprint density at radius 3 is 2.57 bits per heavy atom. The number of aliphatic hydroxyl groups excluding tert-OH is 1. The molecule has 0 atom stereocenters. The predicted molar refractivity (Wildman–Crippen MR) is 49.2 cm³/mol. The lowest BCUT2D eigenvalue weighted by atomic mass is 10.3. The van der Waals surface area contributed by atoms with Gasteiger partial charge in [-0.2, -0.15) is 0 Å². The maximum absolute atomic E-state index is 11.3. The maximum Gasteiger partial charge on any atom is 0.354 e. The third-order valence-corrected chi connectivity index (χ3v) is 2.01. The van der Waals surface area contributed by atoms with Crippen LogP contribution in [-0.4, -0.2) is 29.9 Å². The van der Waals surface area contributed by atoms with E-state index >= 15 is 0 Å². The Kier molecular flexibility index (Phi) is 3.14. The van der Waals surface area contributed by atoms with Gasteiger partial charge in [0.25, 0.3) is 0 Å². The number of hydrogen-bond acceptors (Lipinski definition) is 4. The van der Waals surface area contributed by atoms with Crippen molar-refractivity contribution in [3.8, 4) is 5.88 Å². The minimum absolute atomic E-state index is 0.173. The van der Waals surface area contributed by atoms with Crippen molar-refractivity contribution in [3.05, 3.63) is 17.3 Å². The van der Waals surface area contributed by atoms with Crippen LogP contribution in [0.2, 0.25) is 0 Å². The fourth-order valence-corrected chi connectivity index (χ4v) is 1.33. The fourth-order valence-electron chi connectivity index (χ4n) is 1.33. The van der Waals surface area contributed by atoms with Gasteiger partial charge in [-0.05, 0) is 6.07 Å². The lowest BCUT2D eigenvalue weighted by molar-refractivity contribution is 0.0589. The van der Waals surface area contributed by atoms with E-state index in [1.807, 2.05) is 0 Å². The van der Waals surface area contributed by atoms with E-state index in [1.54, 1.807) is 13.1 Å². The number of rotatable bonds is 3. The zero-order chi connectivity index (χ0) is 10.7.